The minimum atomic E-state index is -0.176. The lowest BCUT2D eigenvalue weighted by molar-refractivity contribution is 0.623. The first-order chi connectivity index (χ1) is 7.31. The quantitative estimate of drug-likeness (QED) is 0.806. The number of rotatable bonds is 3. The van der Waals surface area contributed by atoms with Crippen molar-refractivity contribution in [2.75, 3.05) is 13.1 Å². The monoisotopic (exact) mass is 206 g/mol. The van der Waals surface area contributed by atoms with E-state index in [1.807, 2.05) is 6.07 Å². The Kier molecular flexibility index (Phi) is 2.99. The largest absolute Gasteiger partial charge is 0.371 e. The molecule has 1 atom stereocenters. The zero-order valence-corrected chi connectivity index (χ0v) is 8.83. The maximum atomic E-state index is 13.1. The lowest BCUT2D eigenvalue weighted by Gasteiger charge is -2.15. The predicted octanol–water partition coefficient (Wildman–Crippen LogP) is 2.32. The highest BCUT2D eigenvalue weighted by Crippen LogP contribution is 2.22. The van der Waals surface area contributed by atoms with Gasteiger partial charge in [-0.1, -0.05) is 19.1 Å². The number of hydrogen-bond donors (Lipinski definition) is 1. The summed E-state index contributed by atoms with van der Waals surface area (Å²) >= 11 is 0. The Hall–Kier alpha value is -1.38. The molecule has 1 unspecified atom stereocenters. The van der Waals surface area contributed by atoms with Gasteiger partial charge in [-0.2, -0.15) is 0 Å². The molecule has 0 saturated carbocycles. The third-order valence-corrected chi connectivity index (χ3v) is 2.69. The molecule has 0 radical (unpaired) electrons. The summed E-state index contributed by atoms with van der Waals surface area (Å²) < 4.78 is 13.1. The standard InChI is InChI=1S/C12H15FN2/c1-2-11(12-14-6-7-15-12)9-4-3-5-10(13)8-9/h3-5,8,11H,2,6-7H2,1H3,(H,14,15). The molecule has 3 heteroatoms. The van der Waals surface area contributed by atoms with Gasteiger partial charge in [0.25, 0.3) is 0 Å². The third-order valence-electron chi connectivity index (χ3n) is 2.69. The molecule has 1 aliphatic heterocycles. The van der Waals surface area contributed by atoms with Gasteiger partial charge in [-0.25, -0.2) is 4.39 Å². The number of hydrogen-bond acceptors (Lipinski definition) is 2. The molecule has 0 aromatic heterocycles. The van der Waals surface area contributed by atoms with Crippen molar-refractivity contribution in [1.29, 1.82) is 0 Å². The van der Waals surface area contributed by atoms with Crippen LogP contribution in [0.3, 0.4) is 0 Å². The number of nitrogens with one attached hydrogen (secondary N) is 1. The fourth-order valence-corrected chi connectivity index (χ4v) is 1.96. The van der Waals surface area contributed by atoms with Crippen LogP contribution in [0, 0.1) is 5.82 Å². The van der Waals surface area contributed by atoms with Crippen LogP contribution in [0.4, 0.5) is 4.39 Å². The second kappa shape index (κ2) is 4.43. The molecule has 80 valence electrons. The van der Waals surface area contributed by atoms with Gasteiger partial charge < -0.3 is 5.32 Å². The molecule has 0 bridgehead atoms. The van der Waals surface area contributed by atoms with Crippen molar-refractivity contribution in [2.24, 2.45) is 4.99 Å². The fourth-order valence-electron chi connectivity index (χ4n) is 1.96. The molecular formula is C12H15FN2. The van der Waals surface area contributed by atoms with Crippen molar-refractivity contribution in [3.63, 3.8) is 0 Å². The third kappa shape index (κ3) is 2.17. The van der Waals surface area contributed by atoms with E-state index in [9.17, 15) is 4.39 Å². The average molecular weight is 206 g/mol. The zero-order valence-electron chi connectivity index (χ0n) is 8.83. The second-order valence-electron chi connectivity index (χ2n) is 3.71. The lowest BCUT2D eigenvalue weighted by Crippen LogP contribution is -2.25. The van der Waals surface area contributed by atoms with Gasteiger partial charge in [-0.3, -0.25) is 4.99 Å². The van der Waals surface area contributed by atoms with Crippen LogP contribution in [0.2, 0.25) is 0 Å². The van der Waals surface area contributed by atoms with Crippen LogP contribution in [-0.2, 0) is 0 Å². The van der Waals surface area contributed by atoms with Crippen LogP contribution in [0.5, 0.6) is 0 Å². The van der Waals surface area contributed by atoms with Crippen LogP contribution in [0.1, 0.15) is 24.8 Å². The Bertz CT molecular complexity index is 374. The van der Waals surface area contributed by atoms with E-state index in [2.05, 4.69) is 17.2 Å². The molecule has 1 aromatic rings. The summed E-state index contributed by atoms with van der Waals surface area (Å²) in [4.78, 5) is 4.40. The van der Waals surface area contributed by atoms with E-state index in [0.717, 1.165) is 30.9 Å². The minimum absolute atomic E-state index is 0.176. The smallest absolute Gasteiger partial charge is 0.123 e. The summed E-state index contributed by atoms with van der Waals surface area (Å²) in [6, 6.07) is 6.78. The summed E-state index contributed by atoms with van der Waals surface area (Å²) in [5.74, 6) is 1.04. The van der Waals surface area contributed by atoms with Gasteiger partial charge in [-0.05, 0) is 24.1 Å². The Morgan fingerprint density at radius 1 is 1.53 bits per heavy atom. The van der Waals surface area contributed by atoms with E-state index in [4.69, 9.17) is 0 Å². The molecule has 1 aliphatic rings. The molecule has 2 nitrogen and oxygen atoms in total. The Labute approximate surface area is 89.2 Å². The molecule has 15 heavy (non-hydrogen) atoms. The van der Waals surface area contributed by atoms with Crippen LogP contribution >= 0.6 is 0 Å². The molecule has 1 aromatic carbocycles. The summed E-state index contributed by atoms with van der Waals surface area (Å²) in [5, 5.41) is 3.25. The molecular weight excluding hydrogens is 191 g/mol. The Morgan fingerprint density at radius 3 is 3.00 bits per heavy atom. The first kappa shape index (κ1) is 10.1. The molecule has 2 rings (SSSR count). The van der Waals surface area contributed by atoms with Crippen LogP contribution in [0.25, 0.3) is 0 Å². The first-order valence-electron chi connectivity index (χ1n) is 5.35. The molecule has 0 amide bonds. The number of aliphatic imine (C=N–C) groups is 1. The van der Waals surface area contributed by atoms with Crippen LogP contribution in [0.15, 0.2) is 29.3 Å². The first-order valence-corrected chi connectivity index (χ1v) is 5.35. The number of nitrogens with zero attached hydrogens (tertiary/aromatic N) is 1. The van der Waals surface area contributed by atoms with Crippen LogP contribution < -0.4 is 5.32 Å². The normalized spacial score (nSPS) is 17.1. The van der Waals surface area contributed by atoms with E-state index in [1.54, 1.807) is 12.1 Å². The fraction of sp³-hybridized carbons (Fsp3) is 0.417. The van der Waals surface area contributed by atoms with E-state index >= 15 is 0 Å². The van der Waals surface area contributed by atoms with Crippen molar-refractivity contribution in [2.45, 2.75) is 19.3 Å². The number of halogens is 1. The average Bonchev–Trinajstić information content (AvgIpc) is 2.72. The van der Waals surface area contributed by atoms with Crippen molar-refractivity contribution < 1.29 is 4.39 Å². The predicted molar refractivity (Wildman–Crippen MR) is 59.7 cm³/mol. The minimum Gasteiger partial charge on any atom is -0.371 e. The number of benzene rings is 1. The molecule has 1 N–H and O–H groups in total. The topological polar surface area (TPSA) is 24.4 Å². The van der Waals surface area contributed by atoms with Gasteiger partial charge in [0.15, 0.2) is 0 Å². The SMILES string of the molecule is CCC(C1=NCCN1)c1cccc(F)c1. The highest BCUT2D eigenvalue weighted by Gasteiger charge is 2.18. The van der Waals surface area contributed by atoms with Gasteiger partial charge >= 0.3 is 0 Å². The van der Waals surface area contributed by atoms with Crippen molar-refractivity contribution in [3.8, 4) is 0 Å². The lowest BCUT2D eigenvalue weighted by atomic mass is 9.95. The Balaban J connectivity index is 2.26. The maximum Gasteiger partial charge on any atom is 0.123 e. The van der Waals surface area contributed by atoms with Crippen molar-refractivity contribution in [1.82, 2.24) is 5.32 Å². The molecule has 0 aliphatic carbocycles. The van der Waals surface area contributed by atoms with Gasteiger partial charge in [0.1, 0.15) is 11.7 Å². The van der Waals surface area contributed by atoms with E-state index in [1.165, 1.54) is 6.07 Å². The Morgan fingerprint density at radius 2 is 2.40 bits per heavy atom. The van der Waals surface area contributed by atoms with E-state index in [0.29, 0.717) is 0 Å². The van der Waals surface area contributed by atoms with Crippen molar-refractivity contribution in [3.05, 3.63) is 35.6 Å². The summed E-state index contributed by atoms with van der Waals surface area (Å²) in [6.07, 6.45) is 0.940. The summed E-state index contributed by atoms with van der Waals surface area (Å²) in [5.41, 5.74) is 1.01. The number of amidine groups is 1. The molecule has 0 saturated heterocycles. The second-order valence-corrected chi connectivity index (χ2v) is 3.71. The zero-order chi connectivity index (χ0) is 10.7. The highest BCUT2D eigenvalue weighted by atomic mass is 19.1. The van der Waals surface area contributed by atoms with Crippen molar-refractivity contribution >= 4 is 5.84 Å². The van der Waals surface area contributed by atoms with E-state index in [-0.39, 0.29) is 11.7 Å². The maximum absolute atomic E-state index is 13.1. The van der Waals surface area contributed by atoms with Gasteiger partial charge in [0, 0.05) is 12.5 Å². The molecule has 1 heterocycles. The highest BCUT2D eigenvalue weighted by molar-refractivity contribution is 5.90. The van der Waals surface area contributed by atoms with Gasteiger partial charge in [0.2, 0.25) is 0 Å². The van der Waals surface area contributed by atoms with E-state index < -0.39 is 0 Å². The summed E-state index contributed by atoms with van der Waals surface area (Å²) in [7, 11) is 0. The van der Waals surface area contributed by atoms with Gasteiger partial charge in [-0.15, -0.1) is 0 Å². The van der Waals surface area contributed by atoms with Gasteiger partial charge in [0.05, 0.1) is 6.54 Å². The summed E-state index contributed by atoms with van der Waals surface area (Å²) in [6.45, 7) is 3.83. The van der Waals surface area contributed by atoms with Crippen LogP contribution in [-0.4, -0.2) is 18.9 Å². The molecule has 0 spiro atoms. The molecule has 0 fully saturated rings.